The van der Waals surface area contributed by atoms with Gasteiger partial charge in [0.05, 0.1) is 16.6 Å². The van der Waals surface area contributed by atoms with E-state index in [0.29, 0.717) is 5.69 Å². The third-order valence-electron chi connectivity index (χ3n) is 6.12. The quantitative estimate of drug-likeness (QED) is 0.480. The Morgan fingerprint density at radius 1 is 0.794 bits per heavy atom. The molecule has 1 amide bonds. The van der Waals surface area contributed by atoms with E-state index >= 15 is 0 Å². The van der Waals surface area contributed by atoms with Crippen LogP contribution in [0.4, 0.5) is 5.69 Å². The van der Waals surface area contributed by atoms with Crippen LogP contribution in [0.25, 0.3) is 0 Å². The molecule has 1 N–H and O–H groups in total. The van der Waals surface area contributed by atoms with Gasteiger partial charge in [0.2, 0.25) is 5.91 Å². The van der Waals surface area contributed by atoms with Gasteiger partial charge in [-0.3, -0.25) is 9.10 Å². The number of amides is 1. The van der Waals surface area contributed by atoms with Crippen LogP contribution in [0.5, 0.6) is 0 Å². The lowest BCUT2D eigenvalue weighted by molar-refractivity contribution is -0.120. The monoisotopic (exact) mass is 478 g/mol. The van der Waals surface area contributed by atoms with E-state index in [1.165, 1.54) is 9.87 Å². The fourth-order valence-electron chi connectivity index (χ4n) is 4.19. The van der Waals surface area contributed by atoms with Gasteiger partial charge in [0.1, 0.15) is 6.54 Å². The number of rotatable bonds is 7. The highest BCUT2D eigenvalue weighted by Crippen LogP contribution is 2.27. The standard InChI is InChI=1S/C28H34N2O3S/c1-18-8-10-26(11-9-18)34(32,33)30(25-13-19(2)12-20(3)14-25)17-28(31)29-24(7)27-16-22(5)21(4)15-23(27)6/h8-16,24H,17H2,1-7H3,(H,29,31). The van der Waals surface area contributed by atoms with E-state index in [1.54, 1.807) is 36.4 Å². The molecular formula is C28H34N2O3S. The van der Waals surface area contributed by atoms with Gasteiger partial charge >= 0.3 is 0 Å². The highest BCUT2D eigenvalue weighted by molar-refractivity contribution is 7.92. The van der Waals surface area contributed by atoms with E-state index < -0.39 is 10.0 Å². The molecule has 0 aliphatic carbocycles. The Kier molecular flexibility index (Phi) is 7.51. The molecule has 0 aliphatic rings. The second-order valence-electron chi connectivity index (χ2n) is 9.25. The second kappa shape index (κ2) is 10.0. The van der Waals surface area contributed by atoms with Crippen molar-refractivity contribution in [1.29, 1.82) is 0 Å². The number of hydrogen-bond donors (Lipinski definition) is 1. The van der Waals surface area contributed by atoms with Crippen LogP contribution in [0.2, 0.25) is 0 Å². The molecule has 0 bridgehead atoms. The maximum Gasteiger partial charge on any atom is 0.264 e. The van der Waals surface area contributed by atoms with E-state index in [0.717, 1.165) is 33.4 Å². The van der Waals surface area contributed by atoms with E-state index in [4.69, 9.17) is 0 Å². The number of carbonyl (C=O) groups is 1. The zero-order chi connectivity index (χ0) is 25.2. The maximum atomic E-state index is 13.6. The van der Waals surface area contributed by atoms with Crippen LogP contribution in [0.3, 0.4) is 0 Å². The number of nitrogens with one attached hydrogen (secondary N) is 1. The van der Waals surface area contributed by atoms with Crippen molar-refractivity contribution < 1.29 is 13.2 Å². The smallest absolute Gasteiger partial charge is 0.264 e. The predicted octanol–water partition coefficient (Wildman–Crippen LogP) is 5.61. The molecule has 1 unspecified atom stereocenters. The van der Waals surface area contributed by atoms with Crippen molar-refractivity contribution in [3.8, 4) is 0 Å². The minimum absolute atomic E-state index is 0.156. The molecule has 0 fully saturated rings. The molecule has 0 aromatic heterocycles. The van der Waals surface area contributed by atoms with Gasteiger partial charge in [-0.2, -0.15) is 0 Å². The van der Waals surface area contributed by atoms with Gasteiger partial charge in [-0.1, -0.05) is 35.9 Å². The van der Waals surface area contributed by atoms with Crippen molar-refractivity contribution in [3.63, 3.8) is 0 Å². The number of benzene rings is 3. The van der Waals surface area contributed by atoms with Crippen LogP contribution in [0.15, 0.2) is 59.5 Å². The van der Waals surface area contributed by atoms with Crippen LogP contribution in [0.1, 0.15) is 51.9 Å². The van der Waals surface area contributed by atoms with Gasteiger partial charge in [-0.15, -0.1) is 0 Å². The largest absolute Gasteiger partial charge is 0.348 e. The first-order valence-electron chi connectivity index (χ1n) is 11.4. The molecule has 1 atom stereocenters. The summed E-state index contributed by atoms with van der Waals surface area (Å²) in [6.07, 6.45) is 0. The summed E-state index contributed by atoms with van der Waals surface area (Å²) < 4.78 is 28.5. The average Bonchev–Trinajstić information content (AvgIpc) is 2.74. The molecule has 180 valence electrons. The zero-order valence-corrected chi connectivity index (χ0v) is 21.9. The van der Waals surface area contributed by atoms with E-state index in [-0.39, 0.29) is 23.4 Å². The number of anilines is 1. The fourth-order valence-corrected chi connectivity index (χ4v) is 5.60. The molecule has 0 heterocycles. The van der Waals surface area contributed by atoms with Gasteiger partial charge in [0.15, 0.2) is 0 Å². The van der Waals surface area contributed by atoms with Crippen molar-refractivity contribution in [3.05, 3.63) is 93.5 Å². The summed E-state index contributed by atoms with van der Waals surface area (Å²) in [6.45, 7) is 13.5. The summed E-state index contributed by atoms with van der Waals surface area (Å²) in [5.74, 6) is -0.361. The van der Waals surface area contributed by atoms with Gasteiger partial charge in [-0.25, -0.2) is 8.42 Å². The number of hydrogen-bond acceptors (Lipinski definition) is 3. The summed E-state index contributed by atoms with van der Waals surface area (Å²) in [7, 11) is -3.95. The van der Waals surface area contributed by atoms with E-state index in [9.17, 15) is 13.2 Å². The Morgan fingerprint density at radius 2 is 1.35 bits per heavy atom. The molecule has 3 aromatic carbocycles. The minimum Gasteiger partial charge on any atom is -0.348 e. The van der Waals surface area contributed by atoms with Crippen molar-refractivity contribution in [1.82, 2.24) is 5.32 Å². The first-order chi connectivity index (χ1) is 15.9. The highest BCUT2D eigenvalue weighted by atomic mass is 32.2. The average molecular weight is 479 g/mol. The molecule has 0 saturated carbocycles. The molecule has 0 spiro atoms. The zero-order valence-electron chi connectivity index (χ0n) is 21.1. The molecule has 6 heteroatoms. The molecule has 5 nitrogen and oxygen atoms in total. The molecule has 34 heavy (non-hydrogen) atoms. The number of nitrogens with zero attached hydrogens (tertiary/aromatic N) is 1. The topological polar surface area (TPSA) is 66.5 Å². The van der Waals surface area contributed by atoms with Gasteiger partial charge in [0.25, 0.3) is 10.0 Å². The predicted molar refractivity (Wildman–Crippen MR) is 139 cm³/mol. The Bertz CT molecular complexity index is 1290. The molecule has 0 saturated heterocycles. The fraction of sp³-hybridized carbons (Fsp3) is 0.321. The second-order valence-corrected chi connectivity index (χ2v) is 11.1. The number of sulfonamides is 1. The first-order valence-corrected chi connectivity index (χ1v) is 12.9. The summed E-state index contributed by atoms with van der Waals surface area (Å²) >= 11 is 0. The van der Waals surface area contributed by atoms with E-state index in [2.05, 4.69) is 24.4 Å². The highest BCUT2D eigenvalue weighted by Gasteiger charge is 2.28. The Balaban J connectivity index is 1.95. The Hall–Kier alpha value is -3.12. The van der Waals surface area contributed by atoms with E-state index in [1.807, 2.05) is 47.6 Å². The summed E-state index contributed by atoms with van der Waals surface area (Å²) in [6, 6.07) is 16.2. The molecule has 0 radical (unpaired) electrons. The Morgan fingerprint density at radius 3 is 1.94 bits per heavy atom. The lowest BCUT2D eigenvalue weighted by Gasteiger charge is -2.26. The van der Waals surface area contributed by atoms with Crippen LogP contribution >= 0.6 is 0 Å². The van der Waals surface area contributed by atoms with Crippen molar-refractivity contribution in [2.45, 2.75) is 59.4 Å². The van der Waals surface area contributed by atoms with Crippen molar-refractivity contribution >= 4 is 21.6 Å². The molecular weight excluding hydrogens is 444 g/mol. The lowest BCUT2D eigenvalue weighted by atomic mass is 9.96. The van der Waals surface area contributed by atoms with Crippen LogP contribution in [-0.4, -0.2) is 20.9 Å². The van der Waals surface area contributed by atoms with Crippen molar-refractivity contribution in [2.24, 2.45) is 0 Å². The third-order valence-corrected chi connectivity index (χ3v) is 7.91. The third kappa shape index (κ3) is 5.68. The SMILES string of the molecule is Cc1ccc(S(=O)(=O)N(CC(=O)NC(C)c2cc(C)c(C)cc2C)c2cc(C)cc(C)c2)cc1. The van der Waals surface area contributed by atoms with Crippen LogP contribution < -0.4 is 9.62 Å². The van der Waals surface area contributed by atoms with Crippen LogP contribution in [0, 0.1) is 41.5 Å². The molecule has 0 aliphatic heterocycles. The summed E-state index contributed by atoms with van der Waals surface area (Å²) in [5, 5.41) is 3.00. The molecule has 3 aromatic rings. The minimum atomic E-state index is -3.95. The lowest BCUT2D eigenvalue weighted by Crippen LogP contribution is -2.41. The van der Waals surface area contributed by atoms with Gasteiger partial charge in [0, 0.05) is 0 Å². The first kappa shape index (κ1) is 25.5. The van der Waals surface area contributed by atoms with Gasteiger partial charge in [-0.05, 0) is 106 Å². The summed E-state index contributed by atoms with van der Waals surface area (Å²) in [5.41, 5.74) is 7.77. The number of aryl methyl sites for hydroxylation is 6. The van der Waals surface area contributed by atoms with Gasteiger partial charge < -0.3 is 5.32 Å². The van der Waals surface area contributed by atoms with Crippen LogP contribution in [-0.2, 0) is 14.8 Å². The van der Waals surface area contributed by atoms with Crippen molar-refractivity contribution in [2.75, 3.05) is 10.8 Å². The maximum absolute atomic E-state index is 13.6. The Labute approximate surface area is 203 Å². The molecule has 3 rings (SSSR count). The summed E-state index contributed by atoms with van der Waals surface area (Å²) in [4.78, 5) is 13.3. The normalized spacial score (nSPS) is 12.3. The number of carbonyl (C=O) groups excluding carboxylic acids is 1.